The summed E-state index contributed by atoms with van der Waals surface area (Å²) in [6.45, 7) is 11.0. The lowest BCUT2D eigenvalue weighted by Gasteiger charge is -2.60. The third-order valence-electron chi connectivity index (χ3n) is 9.76. The molecular weight excluding hydrogens is 544 g/mol. The molecule has 0 unspecified atom stereocenters. The van der Waals surface area contributed by atoms with Crippen molar-refractivity contribution in [3.8, 4) is 5.75 Å². The molecule has 10 nitrogen and oxygen atoms in total. The maximum atomic E-state index is 12.6. The van der Waals surface area contributed by atoms with E-state index in [1.54, 1.807) is 13.0 Å². The van der Waals surface area contributed by atoms with Gasteiger partial charge in [-0.2, -0.15) is 0 Å². The molecule has 7 rings (SSSR count). The van der Waals surface area contributed by atoms with Crippen LogP contribution in [0.3, 0.4) is 0 Å². The second-order valence-corrected chi connectivity index (χ2v) is 12.3. The van der Waals surface area contributed by atoms with Crippen LogP contribution in [0.15, 0.2) is 27.4 Å². The van der Waals surface area contributed by atoms with Crippen molar-refractivity contribution in [1.29, 1.82) is 0 Å². The highest BCUT2D eigenvalue weighted by atomic mass is 17.3. The first-order valence-electron chi connectivity index (χ1n) is 15.4. The highest BCUT2D eigenvalue weighted by molar-refractivity contribution is 5.96. The molecule has 8 atom stereocenters. The van der Waals surface area contributed by atoms with Crippen molar-refractivity contribution in [2.24, 2.45) is 23.7 Å². The van der Waals surface area contributed by atoms with E-state index in [4.69, 9.17) is 37.9 Å². The minimum atomic E-state index is -0.812. The summed E-state index contributed by atoms with van der Waals surface area (Å²) in [5.74, 6) is 0.248. The van der Waals surface area contributed by atoms with Crippen LogP contribution >= 0.6 is 0 Å². The molecule has 4 aliphatic heterocycles. The number of aryl methyl sites for hydroxylation is 1. The van der Waals surface area contributed by atoms with E-state index in [2.05, 4.69) is 13.8 Å². The number of carbonyl (C=O) groups is 1. The van der Waals surface area contributed by atoms with E-state index in [1.165, 1.54) is 0 Å². The average Bonchev–Trinajstić information content (AvgIpc) is 3.20. The van der Waals surface area contributed by atoms with Crippen LogP contribution in [0.4, 0.5) is 0 Å². The molecule has 1 spiro atoms. The largest absolute Gasteiger partial charge is 0.493 e. The fourth-order valence-corrected chi connectivity index (χ4v) is 7.62. The summed E-state index contributed by atoms with van der Waals surface area (Å²) in [5, 5.41) is 0.689. The van der Waals surface area contributed by atoms with Crippen LogP contribution in [0.2, 0.25) is 0 Å². The van der Waals surface area contributed by atoms with E-state index in [1.807, 2.05) is 26.0 Å². The number of fused-ring (bicyclic) bond motifs is 3. The predicted octanol–water partition coefficient (Wildman–Crippen LogP) is 5.53. The maximum Gasteiger partial charge on any atom is 0.351 e. The number of hydrogen-bond donors (Lipinski definition) is 0. The lowest BCUT2D eigenvalue weighted by atomic mass is 9.58. The van der Waals surface area contributed by atoms with E-state index < -0.39 is 35.6 Å². The van der Waals surface area contributed by atoms with Gasteiger partial charge in [-0.3, -0.25) is 0 Å². The molecule has 1 saturated carbocycles. The zero-order valence-corrected chi connectivity index (χ0v) is 25.1. The quantitative estimate of drug-likeness (QED) is 0.161. The van der Waals surface area contributed by atoms with E-state index in [0.717, 1.165) is 25.7 Å². The van der Waals surface area contributed by atoms with Crippen molar-refractivity contribution in [3.05, 3.63) is 39.7 Å². The fourth-order valence-electron chi connectivity index (χ4n) is 7.62. The Kier molecular flexibility index (Phi) is 8.12. The third kappa shape index (κ3) is 4.95. The van der Waals surface area contributed by atoms with E-state index in [0.29, 0.717) is 60.2 Å². The standard InChI is InChI=1S/C32H42O10/c1-6-21-22-11-10-20(17-25(22)38-28(34)26(21)27(33)35-7-2)36-15-8-16-37-29-19(4)24-12-9-18(3)23-13-14-31(5)40-30(39-29)32(23,24)42-41-31/h10-11,17-19,23-24,29-30H,6-9,12-16H2,1-5H3/t18-,19-,23+,24+,29+,30-,31-,32-/m1/s1. The Bertz CT molecular complexity index is 1370. The monoisotopic (exact) mass is 586 g/mol. The van der Waals surface area contributed by atoms with Crippen molar-refractivity contribution in [2.45, 2.75) is 97.1 Å². The SMILES string of the molecule is CCOC(=O)c1c(CC)c2ccc(OCCCO[C@H]3O[C@@H]4O[C@@]5(C)CC[C@H]6[C@H](C)CC[C@@H]([C@H]3C)[C@@]46OO5)cc2oc1=O. The Morgan fingerprint density at radius 2 is 1.90 bits per heavy atom. The van der Waals surface area contributed by atoms with Gasteiger partial charge in [0.2, 0.25) is 5.79 Å². The Balaban J connectivity index is 1.08. The molecule has 10 heteroatoms. The molecular formula is C32H42O10. The number of rotatable bonds is 9. The average molecular weight is 587 g/mol. The molecule has 5 heterocycles. The lowest BCUT2D eigenvalue weighted by Crippen LogP contribution is -2.70. The molecule has 1 aliphatic carbocycles. The zero-order valence-electron chi connectivity index (χ0n) is 25.1. The number of benzene rings is 1. The van der Waals surface area contributed by atoms with Gasteiger partial charge in [-0.1, -0.05) is 20.8 Å². The molecule has 4 saturated heterocycles. The Morgan fingerprint density at radius 3 is 2.69 bits per heavy atom. The first-order chi connectivity index (χ1) is 20.2. The van der Waals surface area contributed by atoms with Crippen LogP contribution < -0.4 is 10.4 Å². The van der Waals surface area contributed by atoms with Gasteiger partial charge < -0.3 is 28.1 Å². The molecule has 230 valence electrons. The summed E-state index contributed by atoms with van der Waals surface area (Å²) < 4.78 is 35.6. The van der Waals surface area contributed by atoms with Gasteiger partial charge in [0.25, 0.3) is 0 Å². The van der Waals surface area contributed by atoms with Gasteiger partial charge in [0.15, 0.2) is 18.2 Å². The lowest BCUT2D eigenvalue weighted by molar-refractivity contribution is -0.577. The smallest absolute Gasteiger partial charge is 0.351 e. The van der Waals surface area contributed by atoms with E-state index in [9.17, 15) is 9.59 Å². The minimum absolute atomic E-state index is 0.0451. The van der Waals surface area contributed by atoms with Crippen molar-refractivity contribution in [3.63, 3.8) is 0 Å². The second kappa shape index (κ2) is 11.5. The highest BCUT2D eigenvalue weighted by Crippen LogP contribution is 2.60. The third-order valence-corrected chi connectivity index (χ3v) is 9.76. The summed E-state index contributed by atoms with van der Waals surface area (Å²) in [7, 11) is 0. The number of ether oxygens (including phenoxy) is 5. The number of hydrogen-bond acceptors (Lipinski definition) is 10. The molecule has 0 radical (unpaired) electrons. The molecule has 1 aromatic heterocycles. The van der Waals surface area contributed by atoms with Crippen LogP contribution in [-0.4, -0.2) is 49.8 Å². The van der Waals surface area contributed by atoms with Crippen LogP contribution in [0.5, 0.6) is 5.75 Å². The van der Waals surface area contributed by atoms with Crippen LogP contribution in [-0.2, 0) is 35.1 Å². The number of carbonyl (C=O) groups excluding carboxylic acids is 1. The van der Waals surface area contributed by atoms with Gasteiger partial charge in [0.1, 0.15) is 16.9 Å². The van der Waals surface area contributed by atoms with Crippen LogP contribution in [0.25, 0.3) is 11.0 Å². The minimum Gasteiger partial charge on any atom is -0.493 e. The van der Waals surface area contributed by atoms with Gasteiger partial charge in [-0.15, -0.1) is 0 Å². The maximum absolute atomic E-state index is 12.6. The van der Waals surface area contributed by atoms with E-state index >= 15 is 0 Å². The Hall–Kier alpha value is -2.50. The molecule has 2 aromatic rings. The van der Waals surface area contributed by atoms with E-state index in [-0.39, 0.29) is 24.0 Å². The Labute approximate surface area is 245 Å². The van der Waals surface area contributed by atoms with Gasteiger partial charge in [0.05, 0.1) is 19.8 Å². The summed E-state index contributed by atoms with van der Waals surface area (Å²) in [5.41, 5.74) is -0.373. The topological polar surface area (TPSA) is 112 Å². The van der Waals surface area contributed by atoms with Crippen molar-refractivity contribution >= 4 is 16.9 Å². The summed E-state index contributed by atoms with van der Waals surface area (Å²) in [6.07, 6.45) is 4.11. The first kappa shape index (κ1) is 29.6. The highest BCUT2D eigenvalue weighted by Gasteiger charge is 2.69. The Morgan fingerprint density at radius 1 is 1.07 bits per heavy atom. The van der Waals surface area contributed by atoms with Gasteiger partial charge in [-0.25, -0.2) is 19.4 Å². The molecule has 5 aliphatic rings. The molecule has 2 bridgehead atoms. The molecule has 0 N–H and O–H groups in total. The zero-order chi connectivity index (χ0) is 29.6. The normalized spacial score (nSPS) is 35.5. The molecule has 42 heavy (non-hydrogen) atoms. The summed E-state index contributed by atoms with van der Waals surface area (Å²) in [4.78, 5) is 37.0. The second-order valence-electron chi connectivity index (χ2n) is 12.3. The fraction of sp³-hybridized carbons (Fsp3) is 0.688. The molecule has 0 amide bonds. The van der Waals surface area contributed by atoms with Crippen LogP contribution in [0.1, 0.15) is 82.6 Å². The number of esters is 1. The predicted molar refractivity (Wildman–Crippen MR) is 151 cm³/mol. The van der Waals surface area contributed by atoms with Gasteiger partial charge in [-0.05, 0) is 69.1 Å². The molecule has 1 aromatic carbocycles. The van der Waals surface area contributed by atoms with Gasteiger partial charge >= 0.3 is 11.6 Å². The summed E-state index contributed by atoms with van der Waals surface area (Å²) in [6, 6.07) is 5.30. The van der Waals surface area contributed by atoms with Gasteiger partial charge in [0, 0.05) is 36.1 Å². The molecule has 5 fully saturated rings. The van der Waals surface area contributed by atoms with Crippen molar-refractivity contribution < 1.29 is 42.7 Å². The summed E-state index contributed by atoms with van der Waals surface area (Å²) >= 11 is 0. The van der Waals surface area contributed by atoms with Crippen LogP contribution in [0, 0.1) is 23.7 Å². The van der Waals surface area contributed by atoms with Crippen molar-refractivity contribution in [1.82, 2.24) is 0 Å². The first-order valence-corrected chi connectivity index (χ1v) is 15.4. The van der Waals surface area contributed by atoms with Crippen molar-refractivity contribution in [2.75, 3.05) is 19.8 Å².